The van der Waals surface area contributed by atoms with Gasteiger partial charge >= 0.3 is 6.03 Å². The minimum atomic E-state index is -0.0572. The highest BCUT2D eigenvalue weighted by Crippen LogP contribution is 2.33. The van der Waals surface area contributed by atoms with Gasteiger partial charge in [-0.15, -0.1) is 0 Å². The lowest BCUT2D eigenvalue weighted by molar-refractivity contribution is 0.192. The van der Waals surface area contributed by atoms with Gasteiger partial charge in [-0.2, -0.15) is 0 Å². The maximum Gasteiger partial charge on any atom is 0.318 e. The normalized spacial score (nSPS) is 16.0. The van der Waals surface area contributed by atoms with Crippen LogP contribution in [0.1, 0.15) is 36.9 Å². The number of rotatable bonds is 7. The average Bonchev–Trinajstić information content (AvgIpc) is 3.22. The second-order valence-corrected chi connectivity index (χ2v) is 6.73. The molecule has 0 spiro atoms. The van der Waals surface area contributed by atoms with E-state index in [9.17, 15) is 4.79 Å². The van der Waals surface area contributed by atoms with Crippen molar-refractivity contribution in [2.75, 3.05) is 27.4 Å². The fourth-order valence-corrected chi connectivity index (χ4v) is 3.56. The van der Waals surface area contributed by atoms with Crippen molar-refractivity contribution in [2.24, 2.45) is 0 Å². The maximum atomic E-state index is 12.8. The van der Waals surface area contributed by atoms with E-state index in [1.165, 1.54) is 0 Å². The first kappa shape index (κ1) is 19.9. The number of nitrogens with one attached hydrogen (secondary N) is 1. The van der Waals surface area contributed by atoms with Gasteiger partial charge in [0.2, 0.25) is 0 Å². The molecule has 6 heteroatoms. The smallest absolute Gasteiger partial charge is 0.318 e. The van der Waals surface area contributed by atoms with Crippen LogP contribution in [0.2, 0.25) is 0 Å². The first-order chi connectivity index (χ1) is 13.6. The minimum absolute atomic E-state index is 0.0572. The Kier molecular flexibility index (Phi) is 6.63. The zero-order valence-electron chi connectivity index (χ0n) is 16.7. The minimum Gasteiger partial charge on any atom is -0.497 e. The Bertz CT molecular complexity index is 769. The van der Waals surface area contributed by atoms with Gasteiger partial charge in [0.1, 0.15) is 17.2 Å². The molecule has 0 aromatic heterocycles. The van der Waals surface area contributed by atoms with Crippen LogP contribution in [0.25, 0.3) is 0 Å². The Hall–Kier alpha value is -2.89. The molecule has 1 saturated heterocycles. The van der Waals surface area contributed by atoms with E-state index in [1.54, 1.807) is 14.2 Å². The van der Waals surface area contributed by atoms with Crippen LogP contribution in [-0.2, 0) is 6.54 Å². The molecule has 3 rings (SSSR count). The number of ether oxygens (including phenoxy) is 3. The van der Waals surface area contributed by atoms with Crippen molar-refractivity contribution in [3.05, 3.63) is 53.6 Å². The lowest BCUT2D eigenvalue weighted by Gasteiger charge is -2.25. The Morgan fingerprint density at radius 1 is 1.07 bits per heavy atom. The Morgan fingerprint density at radius 3 is 2.36 bits per heavy atom. The molecule has 0 radical (unpaired) electrons. The molecule has 1 unspecified atom stereocenters. The van der Waals surface area contributed by atoms with Crippen molar-refractivity contribution in [3.63, 3.8) is 0 Å². The van der Waals surface area contributed by atoms with Crippen LogP contribution >= 0.6 is 0 Å². The van der Waals surface area contributed by atoms with Gasteiger partial charge in [-0.1, -0.05) is 12.1 Å². The first-order valence-corrected chi connectivity index (χ1v) is 9.63. The highest BCUT2D eigenvalue weighted by atomic mass is 16.5. The van der Waals surface area contributed by atoms with Crippen LogP contribution in [0, 0.1) is 0 Å². The van der Waals surface area contributed by atoms with E-state index >= 15 is 0 Å². The van der Waals surface area contributed by atoms with Crippen LogP contribution in [0.3, 0.4) is 0 Å². The van der Waals surface area contributed by atoms with Crippen molar-refractivity contribution >= 4 is 6.03 Å². The van der Waals surface area contributed by atoms with Gasteiger partial charge in [0, 0.05) is 19.2 Å². The van der Waals surface area contributed by atoms with Crippen molar-refractivity contribution in [1.29, 1.82) is 0 Å². The summed E-state index contributed by atoms with van der Waals surface area (Å²) in [5.41, 5.74) is 2.07. The van der Waals surface area contributed by atoms with Gasteiger partial charge in [0.25, 0.3) is 0 Å². The number of likely N-dealkylation sites (tertiary alicyclic amines) is 1. The lowest BCUT2D eigenvalue weighted by atomic mass is 10.0. The largest absolute Gasteiger partial charge is 0.497 e. The summed E-state index contributed by atoms with van der Waals surface area (Å²) in [6, 6.07) is 13.7. The van der Waals surface area contributed by atoms with E-state index in [4.69, 9.17) is 14.2 Å². The number of hydrogen-bond acceptors (Lipinski definition) is 4. The van der Waals surface area contributed by atoms with Crippen molar-refractivity contribution in [1.82, 2.24) is 10.2 Å². The first-order valence-electron chi connectivity index (χ1n) is 9.63. The fourth-order valence-electron chi connectivity index (χ4n) is 3.56. The third-order valence-corrected chi connectivity index (χ3v) is 4.94. The van der Waals surface area contributed by atoms with Gasteiger partial charge in [0.15, 0.2) is 0 Å². The molecule has 1 heterocycles. The second kappa shape index (κ2) is 9.35. The van der Waals surface area contributed by atoms with Gasteiger partial charge in [-0.3, -0.25) is 0 Å². The van der Waals surface area contributed by atoms with Crippen LogP contribution in [0.5, 0.6) is 17.2 Å². The molecule has 0 bridgehead atoms. The molecular formula is C22H28N2O4. The molecule has 1 fully saturated rings. The number of nitrogens with zero attached hydrogens (tertiary/aromatic N) is 1. The van der Waals surface area contributed by atoms with E-state index in [1.807, 2.05) is 54.3 Å². The fraction of sp³-hybridized carbons (Fsp3) is 0.409. The third kappa shape index (κ3) is 4.68. The SMILES string of the molecule is CCOc1ccc(C2CCCN2C(=O)NCc2cc(OC)cc(OC)c2)cc1. The van der Waals surface area contributed by atoms with E-state index in [0.29, 0.717) is 24.7 Å². The van der Waals surface area contributed by atoms with E-state index in [2.05, 4.69) is 5.32 Å². The average molecular weight is 384 g/mol. The van der Waals surface area contributed by atoms with Crippen LogP contribution in [0.4, 0.5) is 4.79 Å². The summed E-state index contributed by atoms with van der Waals surface area (Å²) >= 11 is 0. The molecule has 0 aliphatic carbocycles. The summed E-state index contributed by atoms with van der Waals surface area (Å²) < 4.78 is 16.1. The van der Waals surface area contributed by atoms with E-state index in [0.717, 1.165) is 36.3 Å². The van der Waals surface area contributed by atoms with Crippen LogP contribution in [0.15, 0.2) is 42.5 Å². The predicted octanol–water partition coefficient (Wildman–Crippen LogP) is 4.15. The molecule has 6 nitrogen and oxygen atoms in total. The highest BCUT2D eigenvalue weighted by molar-refractivity contribution is 5.75. The topological polar surface area (TPSA) is 60.0 Å². The van der Waals surface area contributed by atoms with Gasteiger partial charge in [-0.25, -0.2) is 4.79 Å². The summed E-state index contributed by atoms with van der Waals surface area (Å²) in [6.45, 7) is 3.78. The van der Waals surface area contributed by atoms with Crippen molar-refractivity contribution in [3.8, 4) is 17.2 Å². The molecule has 2 aromatic rings. The summed E-state index contributed by atoms with van der Waals surface area (Å²) in [7, 11) is 3.23. The predicted molar refractivity (Wildman–Crippen MR) is 108 cm³/mol. The number of hydrogen-bond donors (Lipinski definition) is 1. The zero-order valence-corrected chi connectivity index (χ0v) is 16.7. The number of benzene rings is 2. The molecule has 2 amide bonds. The molecule has 1 aliphatic rings. The third-order valence-electron chi connectivity index (χ3n) is 4.94. The van der Waals surface area contributed by atoms with Gasteiger partial charge < -0.3 is 24.4 Å². The number of carbonyl (C=O) groups excluding carboxylic acids is 1. The second-order valence-electron chi connectivity index (χ2n) is 6.73. The van der Waals surface area contributed by atoms with Crippen LogP contribution < -0.4 is 19.5 Å². The van der Waals surface area contributed by atoms with Gasteiger partial charge in [0.05, 0.1) is 26.9 Å². The number of urea groups is 1. The molecule has 0 saturated carbocycles. The molecule has 1 N–H and O–H groups in total. The molecule has 1 aliphatic heterocycles. The standard InChI is InChI=1S/C22H28N2O4/c1-4-28-18-9-7-17(8-10-18)21-6-5-11-24(21)22(25)23-15-16-12-19(26-2)14-20(13-16)27-3/h7-10,12-14,21H,4-6,11,15H2,1-3H3,(H,23,25). The molecular weight excluding hydrogens is 356 g/mol. The zero-order chi connectivity index (χ0) is 19.9. The van der Waals surface area contributed by atoms with E-state index in [-0.39, 0.29) is 12.1 Å². The van der Waals surface area contributed by atoms with E-state index < -0.39 is 0 Å². The Morgan fingerprint density at radius 2 is 1.75 bits per heavy atom. The Balaban J connectivity index is 1.65. The Labute approximate surface area is 166 Å². The number of methoxy groups -OCH3 is 2. The lowest BCUT2D eigenvalue weighted by Crippen LogP contribution is -2.39. The molecule has 1 atom stereocenters. The van der Waals surface area contributed by atoms with Crippen LogP contribution in [-0.4, -0.2) is 38.3 Å². The summed E-state index contributed by atoms with van der Waals surface area (Å²) in [5.74, 6) is 2.27. The quantitative estimate of drug-likeness (QED) is 0.779. The molecule has 150 valence electrons. The highest BCUT2D eigenvalue weighted by Gasteiger charge is 2.29. The van der Waals surface area contributed by atoms with Gasteiger partial charge in [-0.05, 0) is 55.2 Å². The van der Waals surface area contributed by atoms with Crippen molar-refractivity contribution in [2.45, 2.75) is 32.4 Å². The molecule has 2 aromatic carbocycles. The monoisotopic (exact) mass is 384 g/mol. The maximum absolute atomic E-state index is 12.8. The number of carbonyl (C=O) groups is 1. The summed E-state index contributed by atoms with van der Waals surface area (Å²) in [6.07, 6.45) is 1.96. The number of amides is 2. The molecule has 28 heavy (non-hydrogen) atoms. The van der Waals surface area contributed by atoms with Crippen molar-refractivity contribution < 1.29 is 19.0 Å². The summed E-state index contributed by atoms with van der Waals surface area (Å²) in [4.78, 5) is 14.7. The summed E-state index contributed by atoms with van der Waals surface area (Å²) in [5, 5.41) is 3.03.